The lowest BCUT2D eigenvalue weighted by Crippen LogP contribution is -2.30. The molecule has 0 radical (unpaired) electrons. The van der Waals surface area contributed by atoms with Crippen molar-refractivity contribution in [2.45, 2.75) is 30.9 Å². The molecule has 0 fully saturated rings. The summed E-state index contributed by atoms with van der Waals surface area (Å²) in [7, 11) is 0. The van der Waals surface area contributed by atoms with Crippen molar-refractivity contribution in [2.75, 3.05) is 5.75 Å². The van der Waals surface area contributed by atoms with Crippen LogP contribution in [0.25, 0.3) is 0 Å². The van der Waals surface area contributed by atoms with Crippen LogP contribution >= 0.6 is 23.1 Å². The van der Waals surface area contributed by atoms with E-state index in [1.54, 1.807) is 53.4 Å². The third-order valence-corrected chi connectivity index (χ3v) is 6.43. The molecule has 7 heteroatoms. The molecule has 2 heterocycles. The van der Waals surface area contributed by atoms with Crippen LogP contribution < -0.4 is 10.1 Å². The standard InChI is InChI=1S/C21H19FN2O2S2/c1-13-23-16(12-28-13)11-26-17-5-2-14(3-6-17)21(25)24-19-8-9-27-20-7-4-15(22)10-18(19)20/h2-7,10,12,19H,8-9,11H2,1H3,(H,24,25)/t19-/m1/s1. The summed E-state index contributed by atoms with van der Waals surface area (Å²) in [5.74, 6) is 1.13. The van der Waals surface area contributed by atoms with Gasteiger partial charge in [-0.05, 0) is 61.4 Å². The number of aryl methyl sites for hydroxylation is 1. The number of amides is 1. The number of ether oxygens (including phenoxy) is 1. The van der Waals surface area contributed by atoms with Crippen molar-refractivity contribution >= 4 is 29.0 Å². The number of halogens is 1. The van der Waals surface area contributed by atoms with Gasteiger partial charge in [0.15, 0.2) is 0 Å². The first-order chi connectivity index (χ1) is 13.6. The Morgan fingerprint density at radius 1 is 1.29 bits per heavy atom. The Morgan fingerprint density at radius 2 is 2.11 bits per heavy atom. The van der Waals surface area contributed by atoms with Gasteiger partial charge in [0.1, 0.15) is 18.2 Å². The molecule has 0 bridgehead atoms. The molecule has 28 heavy (non-hydrogen) atoms. The first-order valence-corrected chi connectivity index (χ1v) is 10.8. The Bertz CT molecular complexity index is 988. The van der Waals surface area contributed by atoms with E-state index in [4.69, 9.17) is 4.74 Å². The van der Waals surface area contributed by atoms with E-state index >= 15 is 0 Å². The molecule has 4 rings (SSSR count). The van der Waals surface area contributed by atoms with Crippen LogP contribution in [0.4, 0.5) is 4.39 Å². The van der Waals surface area contributed by atoms with Crippen LogP contribution in [-0.4, -0.2) is 16.6 Å². The van der Waals surface area contributed by atoms with Gasteiger partial charge in [0.05, 0.1) is 16.7 Å². The molecule has 0 saturated carbocycles. The monoisotopic (exact) mass is 414 g/mol. The number of thioether (sulfide) groups is 1. The Kier molecular flexibility index (Phi) is 5.64. The van der Waals surface area contributed by atoms with Gasteiger partial charge in [0, 0.05) is 21.6 Å². The molecule has 1 aromatic heterocycles. The number of benzene rings is 2. The van der Waals surface area contributed by atoms with Crippen LogP contribution in [0.15, 0.2) is 52.7 Å². The van der Waals surface area contributed by atoms with Gasteiger partial charge in [-0.15, -0.1) is 23.1 Å². The van der Waals surface area contributed by atoms with Crippen LogP contribution in [-0.2, 0) is 6.61 Å². The highest BCUT2D eigenvalue weighted by molar-refractivity contribution is 7.99. The number of fused-ring (bicyclic) bond motifs is 1. The van der Waals surface area contributed by atoms with Crippen LogP contribution in [0.3, 0.4) is 0 Å². The SMILES string of the molecule is Cc1nc(COc2ccc(C(=O)N[C@@H]3CCSc4ccc(F)cc43)cc2)cs1. The van der Waals surface area contributed by atoms with Crippen LogP contribution in [0.2, 0.25) is 0 Å². The van der Waals surface area contributed by atoms with Crippen molar-refractivity contribution in [3.05, 3.63) is 75.5 Å². The topological polar surface area (TPSA) is 51.2 Å². The minimum Gasteiger partial charge on any atom is -0.487 e. The zero-order valence-corrected chi connectivity index (χ0v) is 16.9. The molecule has 144 valence electrons. The Hall–Kier alpha value is -2.38. The molecule has 1 atom stereocenters. The number of nitrogens with zero attached hydrogens (tertiary/aromatic N) is 1. The summed E-state index contributed by atoms with van der Waals surface area (Å²) in [4.78, 5) is 18.0. The summed E-state index contributed by atoms with van der Waals surface area (Å²) in [5.41, 5.74) is 2.29. The number of aromatic nitrogens is 1. The predicted octanol–water partition coefficient (Wildman–Crippen LogP) is 5.14. The summed E-state index contributed by atoms with van der Waals surface area (Å²) >= 11 is 3.28. The molecule has 1 N–H and O–H groups in total. The number of carbonyl (C=O) groups is 1. The van der Waals surface area contributed by atoms with Crippen molar-refractivity contribution in [1.29, 1.82) is 0 Å². The summed E-state index contributed by atoms with van der Waals surface area (Å²) < 4.78 is 19.3. The van der Waals surface area contributed by atoms with Crippen LogP contribution in [0.1, 0.15) is 39.1 Å². The molecular weight excluding hydrogens is 395 g/mol. The van der Waals surface area contributed by atoms with Gasteiger partial charge in [0.2, 0.25) is 0 Å². The highest BCUT2D eigenvalue weighted by atomic mass is 32.2. The fraction of sp³-hybridized carbons (Fsp3) is 0.238. The maximum absolute atomic E-state index is 13.6. The zero-order chi connectivity index (χ0) is 19.5. The van der Waals surface area contributed by atoms with Gasteiger partial charge in [-0.2, -0.15) is 0 Å². The van der Waals surface area contributed by atoms with E-state index in [2.05, 4.69) is 10.3 Å². The molecule has 3 aromatic rings. The van der Waals surface area contributed by atoms with Gasteiger partial charge >= 0.3 is 0 Å². The quantitative estimate of drug-likeness (QED) is 0.628. The molecular formula is C21H19FN2O2S2. The lowest BCUT2D eigenvalue weighted by atomic mass is 10.0. The van der Waals surface area contributed by atoms with Crippen molar-refractivity contribution in [3.8, 4) is 5.75 Å². The second kappa shape index (κ2) is 8.32. The molecule has 4 nitrogen and oxygen atoms in total. The zero-order valence-electron chi connectivity index (χ0n) is 15.3. The fourth-order valence-electron chi connectivity index (χ4n) is 3.09. The maximum atomic E-state index is 13.6. The molecule has 0 aliphatic carbocycles. The number of thiazole rings is 1. The fourth-order valence-corrected chi connectivity index (χ4v) is 4.79. The third-order valence-electron chi connectivity index (χ3n) is 4.49. The van der Waals surface area contributed by atoms with E-state index in [0.29, 0.717) is 17.9 Å². The Balaban J connectivity index is 1.40. The third kappa shape index (κ3) is 4.36. The van der Waals surface area contributed by atoms with Gasteiger partial charge in [0.25, 0.3) is 5.91 Å². The average molecular weight is 415 g/mol. The van der Waals surface area contributed by atoms with E-state index in [0.717, 1.165) is 33.3 Å². The first-order valence-electron chi connectivity index (χ1n) is 8.95. The highest BCUT2D eigenvalue weighted by Crippen LogP contribution is 2.36. The van der Waals surface area contributed by atoms with Crippen molar-refractivity contribution in [3.63, 3.8) is 0 Å². The number of hydrogen-bond acceptors (Lipinski definition) is 5. The number of carbonyl (C=O) groups excluding carboxylic acids is 1. The van der Waals surface area contributed by atoms with Gasteiger partial charge in [-0.25, -0.2) is 9.37 Å². The molecule has 1 aliphatic heterocycles. The highest BCUT2D eigenvalue weighted by Gasteiger charge is 2.23. The van der Waals surface area contributed by atoms with Crippen molar-refractivity contribution < 1.29 is 13.9 Å². The van der Waals surface area contributed by atoms with Gasteiger partial charge in [-0.3, -0.25) is 4.79 Å². The lowest BCUT2D eigenvalue weighted by molar-refractivity contribution is 0.0935. The maximum Gasteiger partial charge on any atom is 0.251 e. The number of nitrogens with one attached hydrogen (secondary N) is 1. The van der Waals surface area contributed by atoms with Crippen molar-refractivity contribution in [2.24, 2.45) is 0 Å². The van der Waals surface area contributed by atoms with Crippen LogP contribution in [0.5, 0.6) is 5.75 Å². The van der Waals surface area contributed by atoms with E-state index in [-0.39, 0.29) is 17.8 Å². The molecule has 0 unspecified atom stereocenters. The predicted molar refractivity (Wildman–Crippen MR) is 110 cm³/mol. The molecule has 1 aliphatic rings. The van der Waals surface area contributed by atoms with E-state index in [1.807, 2.05) is 12.3 Å². The Labute approximate surface area is 171 Å². The largest absolute Gasteiger partial charge is 0.487 e. The first kappa shape index (κ1) is 19.0. The number of rotatable bonds is 5. The van der Waals surface area contributed by atoms with E-state index in [1.165, 1.54) is 12.1 Å². The number of hydrogen-bond donors (Lipinski definition) is 1. The summed E-state index contributed by atoms with van der Waals surface area (Å²) in [5, 5.41) is 6.01. The second-order valence-electron chi connectivity index (χ2n) is 6.52. The van der Waals surface area contributed by atoms with Crippen LogP contribution in [0, 0.1) is 12.7 Å². The normalized spacial score (nSPS) is 15.7. The lowest BCUT2D eigenvalue weighted by Gasteiger charge is -2.26. The minimum absolute atomic E-state index is 0.172. The smallest absolute Gasteiger partial charge is 0.251 e. The molecule has 1 amide bonds. The van der Waals surface area contributed by atoms with Gasteiger partial charge < -0.3 is 10.1 Å². The molecule has 0 spiro atoms. The van der Waals surface area contributed by atoms with E-state index < -0.39 is 0 Å². The summed E-state index contributed by atoms with van der Waals surface area (Å²) in [6.07, 6.45) is 0.779. The minimum atomic E-state index is -0.280. The summed E-state index contributed by atoms with van der Waals surface area (Å²) in [6, 6.07) is 11.6. The summed E-state index contributed by atoms with van der Waals surface area (Å²) in [6.45, 7) is 2.36. The van der Waals surface area contributed by atoms with Crippen molar-refractivity contribution in [1.82, 2.24) is 10.3 Å². The average Bonchev–Trinajstić information content (AvgIpc) is 3.12. The Morgan fingerprint density at radius 3 is 2.86 bits per heavy atom. The molecule has 0 saturated heterocycles. The van der Waals surface area contributed by atoms with Gasteiger partial charge in [-0.1, -0.05) is 0 Å². The second-order valence-corrected chi connectivity index (χ2v) is 8.72. The van der Waals surface area contributed by atoms with E-state index in [9.17, 15) is 9.18 Å². The molecule has 2 aromatic carbocycles.